The maximum atomic E-state index is 12.2. The molecule has 0 bridgehead atoms. The normalized spacial score (nSPS) is 11.0. The summed E-state index contributed by atoms with van der Waals surface area (Å²) in [6, 6.07) is 34.0. The summed E-state index contributed by atoms with van der Waals surface area (Å²) in [6.45, 7) is 27.9. The molecule has 5 aromatic rings. The number of Topliss-reactive ketones (excluding diaryl/α,β-unsaturated/α-hetero) is 5. The van der Waals surface area contributed by atoms with Crippen LogP contribution in [0.4, 0.5) is 52.4 Å². The van der Waals surface area contributed by atoms with Gasteiger partial charge in [-0.3, -0.25) is 28.8 Å². The second kappa shape index (κ2) is 50.3. The predicted octanol–water partition coefficient (Wildman–Crippen LogP) is 20.5. The first kappa shape index (κ1) is 96.7. The number of halogens is 5. The van der Waals surface area contributed by atoms with Gasteiger partial charge >= 0.3 is 36.1 Å². The molecule has 0 aliphatic rings. The lowest BCUT2D eigenvalue weighted by Crippen LogP contribution is -2.38. The third kappa shape index (κ3) is 44.1. The number of ketones is 5. The molecule has 0 aromatic heterocycles. The number of carboxylic acids is 1. The highest BCUT2D eigenvalue weighted by molar-refractivity contribution is 9.11. The van der Waals surface area contributed by atoms with Crippen LogP contribution in [-0.4, -0.2) is 103 Å². The average molecular weight is 1790 g/mol. The highest BCUT2D eigenvalue weighted by Crippen LogP contribution is 2.35. The lowest BCUT2D eigenvalue weighted by Gasteiger charge is -2.28. The van der Waals surface area contributed by atoms with Gasteiger partial charge in [-0.05, 0) is 176 Å². The predicted molar refractivity (Wildman–Crippen MR) is 445 cm³/mol. The molecule has 11 N–H and O–H groups in total. The molecule has 10 amide bonds. The van der Waals surface area contributed by atoms with Crippen LogP contribution in [0.5, 0.6) is 0 Å². The van der Waals surface area contributed by atoms with Crippen LogP contribution in [0.3, 0.4) is 0 Å². The van der Waals surface area contributed by atoms with Gasteiger partial charge in [-0.1, -0.05) is 202 Å². The topological polar surface area (TPSA) is 328 Å². The molecule has 0 atom stereocenters. The fraction of sp³-hybridized carbons (Fsp3) is 0.481. The Balaban J connectivity index is 0.000000665. The zero-order chi connectivity index (χ0) is 80.3. The van der Waals surface area contributed by atoms with Crippen LogP contribution < -0.4 is 53.2 Å². The second-order valence-electron chi connectivity index (χ2n) is 28.6. The van der Waals surface area contributed by atoms with E-state index in [1.165, 1.54) is 0 Å². The first-order valence-electron chi connectivity index (χ1n) is 35.5. The lowest BCUT2D eigenvalue weighted by molar-refractivity contribution is -0.152. The Hall–Kier alpha value is -7.33. The van der Waals surface area contributed by atoms with Gasteiger partial charge in [0.2, 0.25) is 0 Å². The van der Waals surface area contributed by atoms with Crippen LogP contribution in [0.15, 0.2) is 144 Å². The second-order valence-corrected chi connectivity index (χ2v) is 33.2. The SMILES string of the molecule is CC(C)(C)C(=O)CNC(=O)Nc1ccc(Br)cc1.CC(C)(C)CC(=O)CNC(=O)Nc1ccc(Br)cc1.CCC(CC)(CC(=O)CNC(=O)Nc1ccc(Br)cc1)C(=O)O.CCCC(C)(CCC)CC(=O)CNC(=O)Nc1ccc(Br)cc1.CCCC(C)(CCC)CC(=O)CNC(=O)Nc1ccc(Br)cc1. The van der Waals surface area contributed by atoms with E-state index in [1.807, 2.05) is 90.1 Å². The molecule has 5 rings (SSSR count). The summed E-state index contributed by atoms with van der Waals surface area (Å²) in [5.74, 6) is -1.09. The number of carbonyl (C=O) groups is 11. The molecule has 27 heteroatoms. The monoisotopic (exact) mass is 1790 g/mol. The van der Waals surface area contributed by atoms with Crippen molar-refractivity contribution in [1.82, 2.24) is 26.6 Å². The Morgan fingerprint density at radius 3 is 0.708 bits per heavy atom. The van der Waals surface area contributed by atoms with Crippen LogP contribution in [0, 0.1) is 27.1 Å². The number of hydrogen-bond acceptors (Lipinski definition) is 11. The van der Waals surface area contributed by atoms with Crippen LogP contribution in [0.2, 0.25) is 0 Å². The molecule has 0 spiro atoms. The highest BCUT2D eigenvalue weighted by Gasteiger charge is 2.37. The number of amides is 10. The van der Waals surface area contributed by atoms with Crippen LogP contribution in [0.1, 0.15) is 187 Å². The Bertz CT molecular complexity index is 3460. The molecule has 106 heavy (non-hydrogen) atoms. The summed E-state index contributed by atoms with van der Waals surface area (Å²) < 4.78 is 4.67. The zero-order valence-electron chi connectivity index (χ0n) is 63.8. The first-order chi connectivity index (χ1) is 49.6. The molecule has 0 saturated heterocycles. The van der Waals surface area contributed by atoms with E-state index >= 15 is 0 Å². The van der Waals surface area contributed by atoms with Crippen molar-refractivity contribution < 1.29 is 57.8 Å². The van der Waals surface area contributed by atoms with Crippen LogP contribution in [-0.2, 0) is 28.8 Å². The lowest BCUT2D eigenvalue weighted by atomic mass is 9.77. The van der Waals surface area contributed by atoms with Crippen molar-refractivity contribution in [2.75, 3.05) is 59.3 Å². The number of rotatable bonds is 33. The Kier molecular flexibility index (Phi) is 45.9. The van der Waals surface area contributed by atoms with Crippen LogP contribution in [0.25, 0.3) is 0 Å². The van der Waals surface area contributed by atoms with Gasteiger partial charge in [0, 0.05) is 81.9 Å². The number of hydrogen-bond donors (Lipinski definition) is 11. The van der Waals surface area contributed by atoms with E-state index in [9.17, 15) is 57.8 Å². The largest absolute Gasteiger partial charge is 0.481 e. The quantitative estimate of drug-likeness (QED) is 0.0187. The average Bonchev–Trinajstić information content (AvgIpc) is 0.850. The van der Waals surface area contributed by atoms with Crippen molar-refractivity contribution in [2.24, 2.45) is 27.1 Å². The number of nitrogens with one attached hydrogen (secondary N) is 10. The number of urea groups is 5. The van der Waals surface area contributed by atoms with E-state index in [-0.39, 0.29) is 108 Å². The minimum atomic E-state index is -1.05. The van der Waals surface area contributed by atoms with E-state index in [1.54, 1.807) is 86.6 Å². The van der Waals surface area contributed by atoms with Crippen molar-refractivity contribution >= 4 is 173 Å². The van der Waals surface area contributed by atoms with Crippen LogP contribution >= 0.6 is 79.6 Å². The zero-order valence-corrected chi connectivity index (χ0v) is 71.7. The summed E-state index contributed by atoms with van der Waals surface area (Å²) >= 11 is 16.6. The fourth-order valence-corrected chi connectivity index (χ4v) is 12.1. The van der Waals surface area contributed by atoms with E-state index in [0.717, 1.165) is 73.7 Å². The van der Waals surface area contributed by atoms with E-state index < -0.39 is 22.8 Å². The van der Waals surface area contributed by atoms with E-state index in [2.05, 4.69) is 174 Å². The van der Waals surface area contributed by atoms with Crippen molar-refractivity contribution in [2.45, 2.75) is 187 Å². The highest BCUT2D eigenvalue weighted by atomic mass is 79.9. The molecule has 0 aliphatic carbocycles. The van der Waals surface area contributed by atoms with Crippen molar-refractivity contribution in [3.63, 3.8) is 0 Å². The Labute approximate surface area is 669 Å². The number of carboxylic acid groups (broad SMARTS) is 1. The van der Waals surface area contributed by atoms with Gasteiger partial charge in [0.1, 0.15) is 0 Å². The summed E-state index contributed by atoms with van der Waals surface area (Å²) in [7, 11) is 0. The maximum Gasteiger partial charge on any atom is 0.319 e. The third-order valence-electron chi connectivity index (χ3n) is 16.3. The molecular formula is C79H111Br5N10O12. The number of benzene rings is 5. The van der Waals surface area contributed by atoms with Gasteiger partial charge < -0.3 is 58.3 Å². The standard InChI is InChI=1S/2C18H27BrN2O2.C16H21BrN2O4.C14H19BrN2O2.C13H17BrN2O2/c2*1-4-10-18(3,11-5-2)12-16(22)13-20-17(23)21-15-8-6-14(19)7-9-15;1-3-16(4-2,14(21)22)9-13(20)10-18-15(23)19-12-7-5-11(17)6-8-12;1-14(2,3)8-12(18)9-16-13(19)17-11-6-4-10(15)5-7-11;1-13(2,3)11(17)8-15-12(18)16-10-6-4-9(14)5-7-10/h2*6-9H,4-5,10-13H2,1-3H3,(H2,20,21,23);5-8H,3-4,9-10H2,1-2H3,(H,21,22)(H2,18,19,23);4-7H,8-9H2,1-3H3,(H2,16,17,19);4-7H,8H2,1-3H3,(H2,15,16,18). The van der Waals surface area contributed by atoms with Gasteiger partial charge in [0.15, 0.2) is 28.9 Å². The van der Waals surface area contributed by atoms with Crippen molar-refractivity contribution in [3.8, 4) is 0 Å². The summed E-state index contributed by atoms with van der Waals surface area (Å²) in [5.41, 5.74) is 1.89. The third-order valence-corrected chi connectivity index (χ3v) is 18.9. The minimum absolute atomic E-state index is 0.00606. The summed E-state index contributed by atoms with van der Waals surface area (Å²) in [6.07, 6.45) is 10.6. The van der Waals surface area contributed by atoms with Gasteiger partial charge in [-0.15, -0.1) is 0 Å². The molecule has 0 aliphatic heterocycles. The number of aliphatic carboxylic acids is 1. The number of anilines is 5. The molecular weight excluding hydrogens is 1680 g/mol. The molecule has 5 aromatic carbocycles. The smallest absolute Gasteiger partial charge is 0.319 e. The molecule has 0 unspecified atom stereocenters. The molecule has 0 radical (unpaired) electrons. The molecule has 0 saturated carbocycles. The van der Waals surface area contributed by atoms with Crippen molar-refractivity contribution in [3.05, 3.63) is 144 Å². The van der Waals surface area contributed by atoms with Gasteiger partial charge in [0.25, 0.3) is 0 Å². The van der Waals surface area contributed by atoms with E-state index in [4.69, 9.17) is 0 Å². The van der Waals surface area contributed by atoms with Gasteiger partial charge in [-0.2, -0.15) is 0 Å². The van der Waals surface area contributed by atoms with Crippen molar-refractivity contribution in [1.29, 1.82) is 0 Å². The fourth-order valence-electron chi connectivity index (χ4n) is 10.8. The Morgan fingerprint density at radius 2 is 0.519 bits per heavy atom. The molecule has 22 nitrogen and oxygen atoms in total. The molecule has 0 heterocycles. The number of carbonyl (C=O) groups excluding carboxylic acids is 10. The molecule has 0 fully saturated rings. The van der Waals surface area contributed by atoms with E-state index in [0.29, 0.717) is 60.5 Å². The van der Waals surface area contributed by atoms with Gasteiger partial charge in [0.05, 0.1) is 38.1 Å². The van der Waals surface area contributed by atoms with Gasteiger partial charge in [-0.25, -0.2) is 24.0 Å². The minimum Gasteiger partial charge on any atom is -0.481 e. The summed E-state index contributed by atoms with van der Waals surface area (Å²) in [4.78, 5) is 129. The summed E-state index contributed by atoms with van der Waals surface area (Å²) in [5, 5.41) is 35.5. The first-order valence-corrected chi connectivity index (χ1v) is 39.5. The maximum absolute atomic E-state index is 12.2. The molecule has 584 valence electrons. The Morgan fingerprint density at radius 1 is 0.311 bits per heavy atom.